The molecule has 0 bridgehead atoms. The lowest BCUT2D eigenvalue weighted by molar-refractivity contribution is -0.139. The normalized spacial score (nSPS) is 10.7. The lowest BCUT2D eigenvalue weighted by Crippen LogP contribution is -2.09. The van der Waals surface area contributed by atoms with Crippen molar-refractivity contribution in [3.05, 3.63) is 28.0 Å². The van der Waals surface area contributed by atoms with Gasteiger partial charge in [0.1, 0.15) is 10.8 Å². The number of hydrogen-bond acceptors (Lipinski definition) is 3. The van der Waals surface area contributed by atoms with Gasteiger partial charge in [-0.1, -0.05) is 11.6 Å². The van der Waals surface area contributed by atoms with E-state index in [0.29, 0.717) is 5.56 Å². The molecule has 1 aromatic rings. The maximum atomic E-state index is 12.7. The van der Waals surface area contributed by atoms with E-state index in [1.165, 1.54) is 13.2 Å². The lowest BCUT2D eigenvalue weighted by Gasteiger charge is -2.10. The molecule has 0 saturated carbocycles. The first-order valence-electron chi connectivity index (χ1n) is 4.58. The third-order valence-electron chi connectivity index (χ3n) is 2.07. The number of carbonyl (C=O) groups excluding carboxylic acids is 1. The Kier molecular flexibility index (Phi) is 5.08. The number of ether oxygens (including phenoxy) is 1. The van der Waals surface area contributed by atoms with Crippen LogP contribution in [0.25, 0.3) is 0 Å². The molecule has 0 aliphatic carbocycles. The summed E-state index contributed by atoms with van der Waals surface area (Å²) in [6, 6.07) is 1.35. The van der Waals surface area contributed by atoms with Crippen LogP contribution in [-0.4, -0.2) is 18.1 Å². The summed E-state index contributed by atoms with van der Waals surface area (Å²) in [7, 11) is 1.18. The topological polar surface area (TPSA) is 39.2 Å². The molecule has 0 aromatic carbocycles. The van der Waals surface area contributed by atoms with Crippen LogP contribution >= 0.6 is 23.2 Å². The van der Waals surface area contributed by atoms with Crippen LogP contribution in [0.3, 0.4) is 0 Å². The van der Waals surface area contributed by atoms with Crippen molar-refractivity contribution >= 4 is 29.2 Å². The van der Waals surface area contributed by atoms with Gasteiger partial charge in [0.15, 0.2) is 0 Å². The van der Waals surface area contributed by atoms with E-state index in [1.807, 2.05) is 0 Å². The molecule has 0 aliphatic heterocycles. The minimum absolute atomic E-state index is 0.0313. The van der Waals surface area contributed by atoms with Crippen LogP contribution in [0.2, 0.25) is 5.15 Å². The maximum absolute atomic E-state index is 12.7. The molecule has 3 nitrogen and oxygen atoms in total. The Morgan fingerprint density at radius 1 is 1.53 bits per heavy atom. The first-order valence-corrected chi connectivity index (χ1v) is 5.50. The zero-order valence-corrected chi connectivity index (χ0v) is 10.4. The summed E-state index contributed by atoms with van der Waals surface area (Å²) in [5.74, 6) is -0.597. The number of rotatable bonds is 4. The van der Waals surface area contributed by atoms with Crippen LogP contribution in [0.5, 0.6) is 0 Å². The fraction of sp³-hybridized carbons (Fsp3) is 0.400. The molecule has 1 aromatic heterocycles. The molecule has 0 fully saturated rings. The van der Waals surface area contributed by atoms with Crippen LogP contribution < -0.4 is 0 Å². The van der Waals surface area contributed by atoms with E-state index < -0.39 is 18.1 Å². The molecule has 0 aliphatic rings. The summed E-state index contributed by atoms with van der Waals surface area (Å²) in [6.45, 7) is 0. The average Bonchev–Trinajstić information content (AvgIpc) is 2.30. The smallest absolute Gasteiger partial charge is 0.310 e. The van der Waals surface area contributed by atoms with Gasteiger partial charge in [-0.05, 0) is 11.6 Å². The Bertz CT molecular complexity index is 427. The molecule has 0 N–H and O–H groups in total. The van der Waals surface area contributed by atoms with Crippen molar-refractivity contribution in [2.24, 2.45) is 0 Å². The molecule has 0 unspecified atom stereocenters. The third kappa shape index (κ3) is 3.51. The summed E-state index contributed by atoms with van der Waals surface area (Å²) in [4.78, 5) is 14.6. The number of halogens is 4. The number of esters is 1. The second-order valence-corrected chi connectivity index (χ2v) is 3.80. The average molecular weight is 284 g/mol. The number of carbonyl (C=O) groups is 1. The van der Waals surface area contributed by atoms with Crippen molar-refractivity contribution in [1.82, 2.24) is 4.98 Å². The van der Waals surface area contributed by atoms with E-state index in [0.717, 1.165) is 0 Å². The molecule has 94 valence electrons. The van der Waals surface area contributed by atoms with E-state index in [-0.39, 0.29) is 23.0 Å². The monoisotopic (exact) mass is 283 g/mol. The summed E-state index contributed by atoms with van der Waals surface area (Å²) in [6.07, 6.45) is -3.10. The lowest BCUT2D eigenvalue weighted by atomic mass is 10.1. The number of pyridine rings is 1. The van der Waals surface area contributed by atoms with Gasteiger partial charge in [0.05, 0.1) is 19.4 Å². The molecule has 0 saturated heterocycles. The molecule has 1 heterocycles. The minimum atomic E-state index is -2.81. The minimum Gasteiger partial charge on any atom is -0.469 e. The molecule has 17 heavy (non-hydrogen) atoms. The Morgan fingerprint density at radius 2 is 2.18 bits per heavy atom. The van der Waals surface area contributed by atoms with Gasteiger partial charge in [0, 0.05) is 5.56 Å². The van der Waals surface area contributed by atoms with Gasteiger partial charge < -0.3 is 4.74 Å². The molecular formula is C10H9Cl2F2NO2. The van der Waals surface area contributed by atoms with Crippen molar-refractivity contribution in [1.29, 1.82) is 0 Å². The van der Waals surface area contributed by atoms with Crippen molar-refractivity contribution in [3.8, 4) is 0 Å². The molecule has 1 rings (SSSR count). The van der Waals surface area contributed by atoms with Crippen molar-refractivity contribution < 1.29 is 18.3 Å². The van der Waals surface area contributed by atoms with Crippen LogP contribution in [0.15, 0.2) is 6.07 Å². The molecule has 0 amide bonds. The Balaban J connectivity index is 3.19. The van der Waals surface area contributed by atoms with E-state index in [9.17, 15) is 13.6 Å². The summed E-state index contributed by atoms with van der Waals surface area (Å²) in [5, 5.41) is -0.0797. The molecule has 0 spiro atoms. The number of hydrogen-bond donors (Lipinski definition) is 0. The fourth-order valence-electron chi connectivity index (χ4n) is 1.25. The predicted octanol–water partition coefficient (Wildman–Crippen LogP) is 3.13. The Labute approximate surface area is 107 Å². The standard InChI is InChI=1S/C10H9Cl2F2NO2/c1-17-7(16)3-5-2-6(4-11)9(12)15-8(5)10(13)14/h2,10H,3-4H2,1H3. The van der Waals surface area contributed by atoms with Crippen LogP contribution in [0.4, 0.5) is 8.78 Å². The van der Waals surface area contributed by atoms with Gasteiger partial charge in [-0.25, -0.2) is 13.8 Å². The highest BCUT2D eigenvalue weighted by molar-refractivity contribution is 6.31. The first-order chi connectivity index (χ1) is 7.99. The van der Waals surface area contributed by atoms with E-state index in [1.54, 1.807) is 0 Å². The Morgan fingerprint density at radius 3 is 2.65 bits per heavy atom. The van der Waals surface area contributed by atoms with Gasteiger partial charge in [-0.15, -0.1) is 11.6 Å². The van der Waals surface area contributed by atoms with E-state index >= 15 is 0 Å². The van der Waals surface area contributed by atoms with E-state index in [2.05, 4.69) is 9.72 Å². The largest absolute Gasteiger partial charge is 0.469 e. The van der Waals surface area contributed by atoms with Crippen LogP contribution in [0.1, 0.15) is 23.2 Å². The summed E-state index contributed by atoms with van der Waals surface area (Å²) < 4.78 is 29.8. The highest BCUT2D eigenvalue weighted by Gasteiger charge is 2.20. The molecule has 0 radical (unpaired) electrons. The van der Waals surface area contributed by atoms with Gasteiger partial charge in [-0.3, -0.25) is 4.79 Å². The fourth-order valence-corrected chi connectivity index (χ4v) is 1.73. The molecule has 0 atom stereocenters. The van der Waals surface area contributed by atoms with Crippen LogP contribution in [-0.2, 0) is 21.8 Å². The highest BCUT2D eigenvalue weighted by Crippen LogP contribution is 2.27. The third-order valence-corrected chi connectivity index (χ3v) is 2.69. The maximum Gasteiger partial charge on any atom is 0.310 e. The Hall–Kier alpha value is -0.940. The zero-order valence-electron chi connectivity index (χ0n) is 8.84. The van der Waals surface area contributed by atoms with Gasteiger partial charge in [0.2, 0.25) is 0 Å². The first kappa shape index (κ1) is 14.1. The second kappa shape index (κ2) is 6.12. The highest BCUT2D eigenvalue weighted by atomic mass is 35.5. The van der Waals surface area contributed by atoms with Gasteiger partial charge >= 0.3 is 5.97 Å². The van der Waals surface area contributed by atoms with Crippen molar-refractivity contribution in [2.75, 3.05) is 7.11 Å². The number of aromatic nitrogens is 1. The molecular weight excluding hydrogens is 275 g/mol. The predicted molar refractivity (Wildman–Crippen MR) is 59.5 cm³/mol. The molecule has 7 heteroatoms. The number of alkyl halides is 3. The zero-order chi connectivity index (χ0) is 13.0. The SMILES string of the molecule is COC(=O)Cc1cc(CCl)c(Cl)nc1C(F)F. The second-order valence-electron chi connectivity index (χ2n) is 3.17. The van der Waals surface area contributed by atoms with Gasteiger partial charge in [0.25, 0.3) is 6.43 Å². The summed E-state index contributed by atoms with van der Waals surface area (Å²) >= 11 is 11.2. The quantitative estimate of drug-likeness (QED) is 0.484. The summed E-state index contributed by atoms with van der Waals surface area (Å²) in [5.41, 5.74) is -0.0437. The van der Waals surface area contributed by atoms with Crippen molar-refractivity contribution in [3.63, 3.8) is 0 Å². The number of methoxy groups -OCH3 is 1. The number of nitrogens with zero attached hydrogens (tertiary/aromatic N) is 1. The van der Waals surface area contributed by atoms with Gasteiger partial charge in [-0.2, -0.15) is 0 Å². The van der Waals surface area contributed by atoms with Crippen molar-refractivity contribution in [2.45, 2.75) is 18.7 Å². The van der Waals surface area contributed by atoms with E-state index in [4.69, 9.17) is 23.2 Å². The van der Waals surface area contributed by atoms with Crippen LogP contribution in [0, 0.1) is 0 Å².